The summed E-state index contributed by atoms with van der Waals surface area (Å²) in [6.45, 7) is 3.53. The van der Waals surface area contributed by atoms with Gasteiger partial charge in [-0.1, -0.05) is 0 Å². The summed E-state index contributed by atoms with van der Waals surface area (Å²) in [5.74, 6) is -0.517. The molecular weight excluding hydrogens is 264 g/mol. The molecule has 0 saturated heterocycles. The molecule has 0 atom stereocenters. The average molecular weight is 276 g/mol. The van der Waals surface area contributed by atoms with E-state index in [4.69, 9.17) is 4.74 Å². The molecule has 0 bridgehead atoms. The molecule has 0 aliphatic carbocycles. The van der Waals surface area contributed by atoms with Gasteiger partial charge in [-0.15, -0.1) is 11.3 Å². The molecule has 0 unspecified atom stereocenters. The van der Waals surface area contributed by atoms with Gasteiger partial charge in [-0.3, -0.25) is 9.78 Å². The minimum atomic E-state index is -0.432. The van der Waals surface area contributed by atoms with Crippen LogP contribution in [0.3, 0.4) is 0 Å². The number of carbonyl (C=O) groups is 2. The van der Waals surface area contributed by atoms with E-state index in [2.05, 4.69) is 9.97 Å². The molecule has 0 fully saturated rings. The van der Waals surface area contributed by atoms with Gasteiger partial charge in [0.25, 0.3) is 0 Å². The Bertz CT molecular complexity index is 605. The molecule has 5 nitrogen and oxygen atoms in total. The lowest BCUT2D eigenvalue weighted by Crippen LogP contribution is -2.04. The Kier molecular flexibility index (Phi) is 4.01. The quantitative estimate of drug-likeness (QED) is 0.634. The van der Waals surface area contributed by atoms with Crippen molar-refractivity contribution in [2.24, 2.45) is 0 Å². The number of rotatable bonds is 4. The molecule has 0 aliphatic rings. The van der Waals surface area contributed by atoms with Crippen LogP contribution in [-0.4, -0.2) is 28.3 Å². The smallest absolute Gasteiger partial charge is 0.357 e. The van der Waals surface area contributed by atoms with Crippen molar-refractivity contribution < 1.29 is 14.3 Å². The number of thiazole rings is 1. The monoisotopic (exact) mass is 276 g/mol. The molecule has 0 spiro atoms. The van der Waals surface area contributed by atoms with E-state index in [1.165, 1.54) is 18.3 Å². The lowest BCUT2D eigenvalue weighted by molar-refractivity contribution is 0.0520. The second-order valence-electron chi connectivity index (χ2n) is 3.75. The zero-order chi connectivity index (χ0) is 13.8. The first-order valence-corrected chi connectivity index (χ1v) is 6.59. The predicted molar refractivity (Wildman–Crippen MR) is 71.3 cm³/mol. The van der Waals surface area contributed by atoms with Crippen LogP contribution in [0.15, 0.2) is 23.7 Å². The third-order valence-electron chi connectivity index (χ3n) is 2.36. The topological polar surface area (TPSA) is 69.2 Å². The average Bonchev–Trinajstić information content (AvgIpc) is 2.89. The van der Waals surface area contributed by atoms with Gasteiger partial charge in [0.1, 0.15) is 10.7 Å². The summed E-state index contributed by atoms with van der Waals surface area (Å²) in [6.07, 6.45) is 1.57. The molecule has 2 aromatic rings. The molecule has 0 saturated carbocycles. The Morgan fingerprint density at radius 3 is 2.68 bits per heavy atom. The van der Waals surface area contributed by atoms with Gasteiger partial charge in [0.2, 0.25) is 0 Å². The van der Waals surface area contributed by atoms with Crippen molar-refractivity contribution in [3.63, 3.8) is 0 Å². The number of hydrogen-bond donors (Lipinski definition) is 0. The zero-order valence-electron chi connectivity index (χ0n) is 10.5. The zero-order valence-corrected chi connectivity index (χ0v) is 11.4. The molecule has 6 heteroatoms. The maximum absolute atomic E-state index is 11.5. The van der Waals surface area contributed by atoms with E-state index in [1.807, 2.05) is 0 Å². The first-order chi connectivity index (χ1) is 9.11. The normalized spacial score (nSPS) is 10.2. The van der Waals surface area contributed by atoms with E-state index in [1.54, 1.807) is 30.6 Å². The van der Waals surface area contributed by atoms with E-state index in [0.29, 0.717) is 17.3 Å². The summed E-state index contributed by atoms with van der Waals surface area (Å²) in [5, 5.41) is 2.32. The highest BCUT2D eigenvalue weighted by atomic mass is 32.1. The van der Waals surface area contributed by atoms with Crippen LogP contribution in [-0.2, 0) is 4.74 Å². The maximum Gasteiger partial charge on any atom is 0.357 e. The fourth-order valence-corrected chi connectivity index (χ4v) is 2.21. The Balaban J connectivity index is 2.23. The third kappa shape index (κ3) is 3.03. The Labute approximate surface area is 114 Å². The van der Waals surface area contributed by atoms with Crippen molar-refractivity contribution in [1.82, 2.24) is 9.97 Å². The molecular formula is C13H12N2O3S. The highest BCUT2D eigenvalue weighted by Gasteiger charge is 2.13. The van der Waals surface area contributed by atoms with Crippen LogP contribution in [0.2, 0.25) is 0 Å². The van der Waals surface area contributed by atoms with Crippen molar-refractivity contribution in [1.29, 1.82) is 0 Å². The number of pyridine rings is 1. The summed E-state index contributed by atoms with van der Waals surface area (Å²) in [6, 6.07) is 3.40. The van der Waals surface area contributed by atoms with Gasteiger partial charge >= 0.3 is 5.97 Å². The molecule has 2 rings (SSSR count). The lowest BCUT2D eigenvalue weighted by atomic mass is 10.2. The lowest BCUT2D eigenvalue weighted by Gasteiger charge is -1.98. The van der Waals surface area contributed by atoms with E-state index >= 15 is 0 Å². The summed E-state index contributed by atoms with van der Waals surface area (Å²) < 4.78 is 4.87. The Morgan fingerprint density at radius 1 is 1.32 bits per heavy atom. The largest absolute Gasteiger partial charge is 0.461 e. The van der Waals surface area contributed by atoms with Gasteiger partial charge in [-0.25, -0.2) is 9.78 Å². The van der Waals surface area contributed by atoms with Crippen LogP contribution < -0.4 is 0 Å². The van der Waals surface area contributed by atoms with E-state index in [-0.39, 0.29) is 11.5 Å². The number of aromatic nitrogens is 2. The molecule has 0 radical (unpaired) electrons. The molecule has 19 heavy (non-hydrogen) atoms. The van der Waals surface area contributed by atoms with Crippen molar-refractivity contribution in [2.75, 3.05) is 6.61 Å². The second kappa shape index (κ2) is 5.71. The molecule has 0 N–H and O–H groups in total. The molecule has 2 aromatic heterocycles. The maximum atomic E-state index is 11.5. The van der Waals surface area contributed by atoms with Crippen LogP contribution >= 0.6 is 11.3 Å². The number of Topliss-reactive ketones (excluding diaryl/α,β-unsaturated/α-hetero) is 1. The molecule has 98 valence electrons. The highest BCUT2D eigenvalue weighted by molar-refractivity contribution is 7.13. The van der Waals surface area contributed by atoms with Gasteiger partial charge in [-0.05, 0) is 19.1 Å². The number of ether oxygens (including phenoxy) is 1. The van der Waals surface area contributed by atoms with Crippen LogP contribution in [0.25, 0.3) is 10.6 Å². The number of ketones is 1. The van der Waals surface area contributed by atoms with Gasteiger partial charge in [0.05, 0.1) is 6.61 Å². The molecule has 0 aromatic carbocycles. The second-order valence-corrected chi connectivity index (χ2v) is 4.60. The first kappa shape index (κ1) is 13.4. The molecule has 0 aliphatic heterocycles. The van der Waals surface area contributed by atoms with Crippen LogP contribution in [0, 0.1) is 0 Å². The van der Waals surface area contributed by atoms with Gasteiger partial charge in [0.15, 0.2) is 11.5 Å². The van der Waals surface area contributed by atoms with Gasteiger partial charge < -0.3 is 4.74 Å². The highest BCUT2D eigenvalue weighted by Crippen LogP contribution is 2.23. The summed E-state index contributed by atoms with van der Waals surface area (Å²) in [5.41, 5.74) is 1.47. The number of esters is 1. The van der Waals surface area contributed by atoms with Crippen molar-refractivity contribution in [2.45, 2.75) is 13.8 Å². The minimum absolute atomic E-state index is 0.0853. The molecule has 2 heterocycles. The number of hydrogen-bond acceptors (Lipinski definition) is 6. The molecule has 0 amide bonds. The SMILES string of the molecule is CCOC(=O)c1csc(-c2ccc(C(C)=O)nc2)n1. The summed E-state index contributed by atoms with van der Waals surface area (Å²) in [4.78, 5) is 30.9. The van der Waals surface area contributed by atoms with Crippen molar-refractivity contribution in [3.05, 3.63) is 35.1 Å². The standard InChI is InChI=1S/C13H12N2O3S/c1-3-18-13(17)11-7-19-12(15-11)9-4-5-10(8(2)16)14-6-9/h4-7H,3H2,1-2H3. The summed E-state index contributed by atoms with van der Waals surface area (Å²) >= 11 is 1.33. The predicted octanol–water partition coefficient (Wildman–Crippen LogP) is 2.58. The van der Waals surface area contributed by atoms with E-state index < -0.39 is 5.97 Å². The minimum Gasteiger partial charge on any atom is -0.461 e. The Hall–Kier alpha value is -2.08. The van der Waals surface area contributed by atoms with Crippen molar-refractivity contribution in [3.8, 4) is 10.6 Å². The first-order valence-electron chi connectivity index (χ1n) is 5.72. The number of nitrogens with zero attached hydrogens (tertiary/aromatic N) is 2. The number of carbonyl (C=O) groups excluding carboxylic acids is 2. The summed E-state index contributed by atoms with van der Waals surface area (Å²) in [7, 11) is 0. The van der Waals surface area contributed by atoms with Crippen molar-refractivity contribution >= 4 is 23.1 Å². The van der Waals surface area contributed by atoms with Crippen LogP contribution in [0.4, 0.5) is 0 Å². The van der Waals surface area contributed by atoms with Crippen LogP contribution in [0.1, 0.15) is 34.8 Å². The van der Waals surface area contributed by atoms with Crippen LogP contribution in [0.5, 0.6) is 0 Å². The third-order valence-corrected chi connectivity index (χ3v) is 3.25. The van der Waals surface area contributed by atoms with Gasteiger partial charge in [-0.2, -0.15) is 0 Å². The fraction of sp³-hybridized carbons (Fsp3) is 0.231. The van der Waals surface area contributed by atoms with E-state index in [9.17, 15) is 9.59 Å². The fourth-order valence-electron chi connectivity index (χ4n) is 1.43. The van der Waals surface area contributed by atoms with E-state index in [0.717, 1.165) is 5.56 Å². The Morgan fingerprint density at radius 2 is 2.11 bits per heavy atom. The van der Waals surface area contributed by atoms with Gasteiger partial charge in [0, 0.05) is 24.1 Å².